The van der Waals surface area contributed by atoms with Crippen molar-refractivity contribution < 1.29 is 9.90 Å². The molecule has 6 heteroatoms. The van der Waals surface area contributed by atoms with E-state index in [1.807, 2.05) is 27.7 Å². The van der Waals surface area contributed by atoms with Gasteiger partial charge in [0.1, 0.15) is 6.04 Å². The van der Waals surface area contributed by atoms with Crippen LogP contribution < -0.4 is 5.32 Å². The molecule has 0 saturated carbocycles. The Morgan fingerprint density at radius 2 is 1.94 bits per heavy atom. The predicted molar refractivity (Wildman–Crippen MR) is 63.8 cm³/mol. The first-order valence-corrected chi connectivity index (χ1v) is 5.57. The quantitative estimate of drug-likeness (QED) is 0.806. The topological polar surface area (TPSA) is 88.0 Å². The summed E-state index contributed by atoms with van der Waals surface area (Å²) in [6.45, 7) is 7.56. The average molecular weight is 238 g/mol. The fourth-order valence-corrected chi connectivity index (χ4v) is 1.37. The molecule has 0 aliphatic carbocycles. The molecule has 0 aromatic carbocycles. The van der Waals surface area contributed by atoms with Crippen LogP contribution in [0.25, 0.3) is 0 Å². The van der Waals surface area contributed by atoms with Gasteiger partial charge in [0.2, 0.25) is 5.95 Å². The lowest BCUT2D eigenvalue weighted by atomic mass is 10.0. The number of hydrogen-bond donors (Lipinski definition) is 2. The van der Waals surface area contributed by atoms with Crippen LogP contribution in [-0.4, -0.2) is 32.3 Å². The molecular formula is C11H18N4O2. The Bertz CT molecular complexity index is 406. The van der Waals surface area contributed by atoms with E-state index in [4.69, 9.17) is 5.11 Å². The highest BCUT2D eigenvalue weighted by Crippen LogP contribution is 2.10. The normalized spacial score (nSPS) is 12.5. The van der Waals surface area contributed by atoms with E-state index >= 15 is 0 Å². The van der Waals surface area contributed by atoms with Crippen LogP contribution in [0.4, 0.5) is 5.95 Å². The van der Waals surface area contributed by atoms with Crippen LogP contribution in [-0.2, 0) is 4.79 Å². The Morgan fingerprint density at radius 1 is 1.29 bits per heavy atom. The van der Waals surface area contributed by atoms with Gasteiger partial charge in [0.15, 0.2) is 0 Å². The molecule has 1 rings (SSSR count). The molecule has 6 nitrogen and oxygen atoms in total. The zero-order valence-corrected chi connectivity index (χ0v) is 10.6. The minimum atomic E-state index is -0.902. The van der Waals surface area contributed by atoms with Crippen molar-refractivity contribution in [3.8, 4) is 0 Å². The van der Waals surface area contributed by atoms with Crippen LogP contribution in [0.2, 0.25) is 0 Å². The molecule has 0 spiro atoms. The lowest BCUT2D eigenvalue weighted by Gasteiger charge is -2.16. The monoisotopic (exact) mass is 238 g/mol. The Hall–Kier alpha value is -1.72. The number of aliphatic carboxylic acids is 1. The van der Waals surface area contributed by atoms with Gasteiger partial charge in [-0.2, -0.15) is 5.10 Å². The van der Waals surface area contributed by atoms with Crippen molar-refractivity contribution in [2.24, 2.45) is 5.92 Å². The first-order valence-electron chi connectivity index (χ1n) is 5.57. The van der Waals surface area contributed by atoms with E-state index in [0.29, 0.717) is 6.42 Å². The van der Waals surface area contributed by atoms with Gasteiger partial charge < -0.3 is 10.4 Å². The fraction of sp³-hybridized carbons (Fsp3) is 0.636. The summed E-state index contributed by atoms with van der Waals surface area (Å²) in [6, 6.07) is -0.682. The summed E-state index contributed by atoms with van der Waals surface area (Å²) >= 11 is 0. The van der Waals surface area contributed by atoms with Crippen molar-refractivity contribution in [3.63, 3.8) is 0 Å². The summed E-state index contributed by atoms with van der Waals surface area (Å²) in [7, 11) is 0. The Morgan fingerprint density at radius 3 is 2.41 bits per heavy atom. The summed E-state index contributed by atoms with van der Waals surface area (Å²) in [4.78, 5) is 15.2. The minimum Gasteiger partial charge on any atom is -0.480 e. The molecule has 2 N–H and O–H groups in total. The average Bonchev–Trinajstić information content (AvgIpc) is 2.21. The molecule has 94 valence electrons. The van der Waals surface area contributed by atoms with Crippen LogP contribution in [0.15, 0.2) is 0 Å². The maximum Gasteiger partial charge on any atom is 0.326 e. The Balaban J connectivity index is 2.78. The third-order valence-corrected chi connectivity index (χ3v) is 2.40. The second-order valence-corrected chi connectivity index (χ2v) is 4.47. The molecule has 1 atom stereocenters. The zero-order valence-electron chi connectivity index (χ0n) is 10.6. The molecule has 0 fully saturated rings. The van der Waals surface area contributed by atoms with Crippen molar-refractivity contribution in [2.45, 2.75) is 40.2 Å². The van der Waals surface area contributed by atoms with Gasteiger partial charge in [-0.05, 0) is 26.2 Å². The van der Waals surface area contributed by atoms with E-state index in [2.05, 4.69) is 20.5 Å². The second-order valence-electron chi connectivity index (χ2n) is 4.47. The highest BCUT2D eigenvalue weighted by atomic mass is 16.4. The van der Waals surface area contributed by atoms with E-state index in [1.165, 1.54) is 0 Å². The first-order chi connectivity index (χ1) is 7.90. The highest BCUT2D eigenvalue weighted by molar-refractivity contribution is 5.76. The van der Waals surface area contributed by atoms with Gasteiger partial charge in [-0.15, -0.1) is 5.10 Å². The van der Waals surface area contributed by atoms with Crippen LogP contribution in [0.1, 0.15) is 31.7 Å². The molecule has 17 heavy (non-hydrogen) atoms. The molecule has 0 aliphatic rings. The van der Waals surface area contributed by atoms with Crippen LogP contribution in [0.3, 0.4) is 0 Å². The smallest absolute Gasteiger partial charge is 0.326 e. The maximum atomic E-state index is 11.1. The molecule has 0 amide bonds. The van der Waals surface area contributed by atoms with Gasteiger partial charge >= 0.3 is 5.97 Å². The lowest BCUT2D eigenvalue weighted by molar-refractivity contribution is -0.138. The second kappa shape index (κ2) is 5.56. The Kier molecular flexibility index (Phi) is 4.37. The van der Waals surface area contributed by atoms with Crippen molar-refractivity contribution in [3.05, 3.63) is 11.4 Å². The number of nitrogens with one attached hydrogen (secondary N) is 1. The summed E-state index contributed by atoms with van der Waals surface area (Å²) in [5, 5.41) is 19.6. The molecule has 0 saturated heterocycles. The van der Waals surface area contributed by atoms with Gasteiger partial charge in [0.05, 0.1) is 11.4 Å². The van der Waals surface area contributed by atoms with Crippen molar-refractivity contribution >= 4 is 11.9 Å². The third kappa shape index (κ3) is 3.97. The summed E-state index contributed by atoms with van der Waals surface area (Å²) in [5.41, 5.74) is 1.49. The molecule has 0 radical (unpaired) electrons. The summed E-state index contributed by atoms with van der Waals surface area (Å²) in [6.07, 6.45) is 0.519. The third-order valence-electron chi connectivity index (χ3n) is 2.40. The van der Waals surface area contributed by atoms with Crippen molar-refractivity contribution in [1.29, 1.82) is 0 Å². The minimum absolute atomic E-state index is 0.265. The van der Waals surface area contributed by atoms with Gasteiger partial charge in [0.25, 0.3) is 0 Å². The van der Waals surface area contributed by atoms with Crippen LogP contribution in [0, 0.1) is 19.8 Å². The number of rotatable bonds is 5. The standard InChI is InChI=1S/C11H18N4O2/c1-6(2)5-9(10(16)17)13-11-12-7(3)8(4)14-15-11/h6,9H,5H2,1-4H3,(H,16,17)(H,12,13,15). The molecule has 1 aromatic heterocycles. The summed E-state index contributed by atoms with van der Waals surface area (Å²) in [5.74, 6) is -0.357. The molecule has 0 aliphatic heterocycles. The van der Waals surface area contributed by atoms with E-state index in [0.717, 1.165) is 11.4 Å². The van der Waals surface area contributed by atoms with Crippen LogP contribution >= 0.6 is 0 Å². The molecule has 1 aromatic rings. The first kappa shape index (κ1) is 13.3. The molecule has 0 bridgehead atoms. The van der Waals surface area contributed by atoms with E-state index < -0.39 is 12.0 Å². The Labute approximate surface area is 100 Å². The SMILES string of the molecule is Cc1nnc(NC(CC(C)C)C(=O)O)nc1C. The van der Waals surface area contributed by atoms with Gasteiger partial charge in [-0.25, -0.2) is 9.78 Å². The zero-order chi connectivity index (χ0) is 13.0. The number of carboxylic acids is 1. The molecular weight excluding hydrogens is 220 g/mol. The number of carboxylic acid groups (broad SMARTS) is 1. The maximum absolute atomic E-state index is 11.1. The number of nitrogens with zero attached hydrogens (tertiary/aromatic N) is 3. The number of hydrogen-bond acceptors (Lipinski definition) is 5. The van der Waals surface area contributed by atoms with E-state index in [-0.39, 0.29) is 11.9 Å². The number of carbonyl (C=O) groups is 1. The summed E-state index contributed by atoms with van der Waals surface area (Å²) < 4.78 is 0. The number of aromatic nitrogens is 3. The number of aryl methyl sites for hydroxylation is 2. The van der Waals surface area contributed by atoms with Gasteiger partial charge in [-0.1, -0.05) is 13.8 Å². The number of anilines is 1. The van der Waals surface area contributed by atoms with Crippen molar-refractivity contribution in [1.82, 2.24) is 15.2 Å². The van der Waals surface area contributed by atoms with Gasteiger partial charge in [-0.3, -0.25) is 0 Å². The van der Waals surface area contributed by atoms with Crippen molar-refractivity contribution in [2.75, 3.05) is 5.32 Å². The fourth-order valence-electron chi connectivity index (χ4n) is 1.37. The van der Waals surface area contributed by atoms with Crippen LogP contribution in [0.5, 0.6) is 0 Å². The predicted octanol–water partition coefficient (Wildman–Crippen LogP) is 1.40. The lowest BCUT2D eigenvalue weighted by Crippen LogP contribution is -2.31. The largest absolute Gasteiger partial charge is 0.480 e. The highest BCUT2D eigenvalue weighted by Gasteiger charge is 2.19. The van der Waals surface area contributed by atoms with E-state index in [9.17, 15) is 4.79 Å². The van der Waals surface area contributed by atoms with E-state index in [1.54, 1.807) is 0 Å². The molecule has 1 heterocycles. The van der Waals surface area contributed by atoms with Gasteiger partial charge in [0, 0.05) is 0 Å². The molecule has 1 unspecified atom stereocenters.